The third kappa shape index (κ3) is 9.65. The van der Waals surface area contributed by atoms with E-state index in [1.54, 1.807) is 0 Å². The second-order valence-corrected chi connectivity index (χ2v) is 16.8. The molecule has 1 aromatic carbocycles. The standard InChI is InChI=1S/C31H50O3Si/c1-23(2)13-10-14-24(3)15-11-16-25(4)17-12-18-26-22-29(32)28-21-27(19-20-30(28)33-26)34-35(8,9)31(5,6)7/h13,15,17,19-21,26,29,32H,10-12,14,16,18,22H2,1-9H3/b24-15+,25-17+. The van der Waals surface area contributed by atoms with E-state index < -0.39 is 14.4 Å². The summed E-state index contributed by atoms with van der Waals surface area (Å²) in [5.41, 5.74) is 5.17. The van der Waals surface area contributed by atoms with Crippen LogP contribution in [-0.2, 0) is 0 Å². The predicted octanol–water partition coefficient (Wildman–Crippen LogP) is 9.45. The Morgan fingerprint density at radius 2 is 1.60 bits per heavy atom. The maximum Gasteiger partial charge on any atom is 0.250 e. The number of fused-ring (bicyclic) bond motifs is 1. The quantitative estimate of drug-likeness (QED) is 0.244. The van der Waals surface area contributed by atoms with E-state index in [0.717, 1.165) is 55.6 Å². The van der Waals surface area contributed by atoms with Gasteiger partial charge in [0.25, 0.3) is 0 Å². The number of rotatable bonds is 11. The van der Waals surface area contributed by atoms with Crippen molar-refractivity contribution < 1.29 is 14.3 Å². The molecule has 1 aliphatic heterocycles. The number of allylic oxidation sites excluding steroid dienone is 6. The lowest BCUT2D eigenvalue weighted by atomic mass is 9.96. The highest BCUT2D eigenvalue weighted by atomic mass is 28.4. The zero-order chi connectivity index (χ0) is 26.2. The average molecular weight is 499 g/mol. The normalized spacial score (nSPS) is 19.1. The summed E-state index contributed by atoms with van der Waals surface area (Å²) in [5, 5.41) is 11.0. The predicted molar refractivity (Wildman–Crippen MR) is 153 cm³/mol. The van der Waals surface area contributed by atoms with E-state index in [1.165, 1.54) is 16.7 Å². The number of hydrogen-bond acceptors (Lipinski definition) is 3. The van der Waals surface area contributed by atoms with Crippen molar-refractivity contribution >= 4 is 8.32 Å². The molecule has 35 heavy (non-hydrogen) atoms. The summed E-state index contributed by atoms with van der Waals surface area (Å²) in [6.45, 7) is 20.0. The molecular formula is C31H50O3Si. The lowest BCUT2D eigenvalue weighted by Gasteiger charge is -2.37. The summed E-state index contributed by atoms with van der Waals surface area (Å²) in [7, 11) is -1.92. The molecule has 3 nitrogen and oxygen atoms in total. The van der Waals surface area contributed by atoms with Gasteiger partial charge in [0.05, 0.1) is 6.10 Å². The van der Waals surface area contributed by atoms with E-state index in [0.29, 0.717) is 6.42 Å². The van der Waals surface area contributed by atoms with E-state index in [-0.39, 0.29) is 11.1 Å². The summed E-state index contributed by atoms with van der Waals surface area (Å²) in [5.74, 6) is 1.64. The first-order valence-corrected chi connectivity index (χ1v) is 16.3. The van der Waals surface area contributed by atoms with Gasteiger partial charge in [-0.3, -0.25) is 0 Å². The molecule has 196 valence electrons. The van der Waals surface area contributed by atoms with E-state index in [2.05, 4.69) is 79.8 Å². The molecule has 0 aliphatic carbocycles. The molecule has 0 bridgehead atoms. The molecule has 1 heterocycles. The van der Waals surface area contributed by atoms with Crippen LogP contribution in [0.15, 0.2) is 53.1 Å². The monoisotopic (exact) mass is 498 g/mol. The first kappa shape index (κ1) is 29.4. The summed E-state index contributed by atoms with van der Waals surface area (Å²) < 4.78 is 12.7. The van der Waals surface area contributed by atoms with Crippen molar-refractivity contribution in [1.82, 2.24) is 0 Å². The minimum atomic E-state index is -1.92. The Bertz CT molecular complexity index is 914. The van der Waals surface area contributed by atoms with Gasteiger partial charge >= 0.3 is 0 Å². The van der Waals surface area contributed by atoms with Crippen molar-refractivity contribution in [2.45, 2.75) is 124 Å². The molecule has 1 aromatic rings. The Morgan fingerprint density at radius 3 is 2.20 bits per heavy atom. The van der Waals surface area contributed by atoms with Crippen LogP contribution >= 0.6 is 0 Å². The van der Waals surface area contributed by atoms with Gasteiger partial charge in [0.1, 0.15) is 17.6 Å². The van der Waals surface area contributed by atoms with Crippen molar-refractivity contribution in [2.24, 2.45) is 0 Å². The largest absolute Gasteiger partial charge is 0.543 e. The minimum Gasteiger partial charge on any atom is -0.543 e. The second kappa shape index (κ2) is 13.0. The summed E-state index contributed by atoms with van der Waals surface area (Å²) in [4.78, 5) is 0. The van der Waals surface area contributed by atoms with Crippen LogP contribution in [0.25, 0.3) is 0 Å². The smallest absolute Gasteiger partial charge is 0.250 e. The summed E-state index contributed by atoms with van der Waals surface area (Å²) in [6.07, 6.45) is 13.6. The van der Waals surface area contributed by atoms with Gasteiger partial charge in [0.2, 0.25) is 8.32 Å². The molecule has 1 N–H and O–H groups in total. The molecule has 0 saturated heterocycles. The lowest BCUT2D eigenvalue weighted by molar-refractivity contribution is 0.0621. The van der Waals surface area contributed by atoms with Gasteiger partial charge in [0.15, 0.2) is 0 Å². The fourth-order valence-corrected chi connectivity index (χ4v) is 5.06. The number of aliphatic hydroxyl groups excluding tert-OH is 1. The van der Waals surface area contributed by atoms with Crippen LogP contribution in [0, 0.1) is 0 Å². The molecule has 0 radical (unpaired) electrons. The van der Waals surface area contributed by atoms with Gasteiger partial charge in [-0.1, -0.05) is 55.7 Å². The van der Waals surface area contributed by atoms with E-state index in [4.69, 9.17) is 9.16 Å². The first-order valence-electron chi connectivity index (χ1n) is 13.4. The minimum absolute atomic E-state index is 0.0472. The van der Waals surface area contributed by atoms with Crippen molar-refractivity contribution in [3.8, 4) is 11.5 Å². The Morgan fingerprint density at radius 1 is 1.00 bits per heavy atom. The summed E-state index contributed by atoms with van der Waals surface area (Å²) in [6, 6.07) is 5.95. The first-order chi connectivity index (χ1) is 16.3. The number of benzene rings is 1. The second-order valence-electron chi connectivity index (χ2n) is 12.1. The van der Waals surface area contributed by atoms with Crippen molar-refractivity contribution in [1.29, 1.82) is 0 Å². The molecule has 2 atom stereocenters. The van der Waals surface area contributed by atoms with Crippen LogP contribution < -0.4 is 9.16 Å². The van der Waals surface area contributed by atoms with Crippen molar-refractivity contribution in [2.75, 3.05) is 0 Å². The maximum absolute atomic E-state index is 10.8. The number of ether oxygens (including phenoxy) is 1. The van der Waals surface area contributed by atoms with Crippen LogP contribution in [0.1, 0.15) is 105 Å². The van der Waals surface area contributed by atoms with Crippen LogP contribution in [0.2, 0.25) is 18.1 Å². The van der Waals surface area contributed by atoms with Gasteiger partial charge in [-0.2, -0.15) is 0 Å². The van der Waals surface area contributed by atoms with Gasteiger partial charge in [0, 0.05) is 12.0 Å². The molecule has 2 unspecified atom stereocenters. The molecule has 2 rings (SSSR count). The molecule has 0 fully saturated rings. The summed E-state index contributed by atoms with van der Waals surface area (Å²) >= 11 is 0. The third-order valence-corrected chi connectivity index (χ3v) is 11.8. The van der Waals surface area contributed by atoms with Crippen LogP contribution in [-0.4, -0.2) is 19.5 Å². The molecule has 4 heteroatoms. The third-order valence-electron chi connectivity index (χ3n) is 7.40. The Kier molecular flexibility index (Phi) is 10.9. The van der Waals surface area contributed by atoms with Gasteiger partial charge < -0.3 is 14.3 Å². The molecule has 0 spiro atoms. The van der Waals surface area contributed by atoms with E-state index >= 15 is 0 Å². The Balaban J connectivity index is 1.84. The number of hydrogen-bond donors (Lipinski definition) is 1. The van der Waals surface area contributed by atoms with Crippen molar-refractivity contribution in [3.05, 3.63) is 58.7 Å². The van der Waals surface area contributed by atoms with Crippen LogP contribution in [0.4, 0.5) is 0 Å². The topological polar surface area (TPSA) is 38.7 Å². The molecular weight excluding hydrogens is 448 g/mol. The fourth-order valence-electron chi connectivity index (χ4n) is 4.04. The fraction of sp³-hybridized carbons (Fsp3) is 0.613. The molecule has 0 aromatic heterocycles. The van der Waals surface area contributed by atoms with E-state index in [1.807, 2.05) is 18.2 Å². The molecule has 0 amide bonds. The zero-order valence-corrected chi connectivity index (χ0v) is 24.8. The van der Waals surface area contributed by atoms with E-state index in [9.17, 15) is 5.11 Å². The highest BCUT2D eigenvalue weighted by molar-refractivity contribution is 6.74. The molecule has 1 aliphatic rings. The lowest BCUT2D eigenvalue weighted by Crippen LogP contribution is -2.43. The average Bonchev–Trinajstić information content (AvgIpc) is 2.73. The van der Waals surface area contributed by atoms with Crippen LogP contribution in [0.3, 0.4) is 0 Å². The zero-order valence-electron chi connectivity index (χ0n) is 23.8. The van der Waals surface area contributed by atoms with Gasteiger partial charge in [-0.15, -0.1) is 0 Å². The van der Waals surface area contributed by atoms with Crippen LogP contribution in [0.5, 0.6) is 11.5 Å². The van der Waals surface area contributed by atoms with Gasteiger partial charge in [-0.05, 0) is 103 Å². The van der Waals surface area contributed by atoms with Gasteiger partial charge in [-0.25, -0.2) is 0 Å². The Labute approximate surface area is 216 Å². The maximum atomic E-state index is 10.8. The highest BCUT2D eigenvalue weighted by Gasteiger charge is 2.39. The molecule has 0 saturated carbocycles. The Hall–Kier alpha value is -1.78. The SMILES string of the molecule is CC(C)=CCC/C(C)=C/CC/C(C)=C/CCC1CC(O)c2cc(O[Si](C)(C)C(C)(C)C)ccc2O1. The number of aliphatic hydroxyl groups is 1. The highest BCUT2D eigenvalue weighted by Crippen LogP contribution is 2.41. The van der Waals surface area contributed by atoms with Crippen molar-refractivity contribution in [3.63, 3.8) is 0 Å².